The van der Waals surface area contributed by atoms with Gasteiger partial charge < -0.3 is 32.3 Å². The number of nitrogens with zero attached hydrogens (tertiary/aromatic N) is 4. The second kappa shape index (κ2) is 10.2. The van der Waals surface area contributed by atoms with E-state index >= 15 is 0 Å². The summed E-state index contributed by atoms with van der Waals surface area (Å²) >= 11 is 0. The van der Waals surface area contributed by atoms with E-state index in [0.29, 0.717) is 29.0 Å². The van der Waals surface area contributed by atoms with Gasteiger partial charge in [0.15, 0.2) is 17.0 Å². The van der Waals surface area contributed by atoms with Crippen LogP contribution in [-0.2, 0) is 27.3 Å². The average Bonchev–Trinajstić information content (AvgIpc) is 2.76. The Morgan fingerprint density at radius 3 is 2.42 bits per heavy atom. The number of nitrogens with two attached hydrogens (primary N) is 2. The predicted octanol–water partition coefficient (Wildman–Crippen LogP) is 0.173. The number of rotatable bonds is 10. The van der Waals surface area contributed by atoms with Gasteiger partial charge in [-0.2, -0.15) is 9.97 Å². The molecule has 0 radical (unpaired) electrons. The number of fused-ring (bicyclic) bond motifs is 1. The topological polar surface area (TPSA) is 219 Å². The Kier molecular flexibility index (Phi) is 7.13. The molecule has 0 aliphatic rings. The van der Waals surface area contributed by atoms with Crippen molar-refractivity contribution in [3.05, 3.63) is 41.7 Å². The van der Waals surface area contributed by atoms with Gasteiger partial charge in [-0.25, -0.2) is 14.8 Å². The number of nitrogen functional groups attached to an aromatic ring is 2. The molecule has 1 atom stereocenters. The highest BCUT2D eigenvalue weighted by Crippen LogP contribution is 2.16. The van der Waals surface area contributed by atoms with Crippen LogP contribution in [0, 0.1) is 0 Å². The fourth-order valence-corrected chi connectivity index (χ4v) is 2.96. The highest BCUT2D eigenvalue weighted by Gasteiger charge is 2.21. The number of carboxylic acid groups (broad SMARTS) is 2. The van der Waals surface area contributed by atoms with Gasteiger partial charge in [0.05, 0.1) is 24.9 Å². The lowest BCUT2D eigenvalue weighted by Gasteiger charge is -2.13. The van der Waals surface area contributed by atoms with E-state index in [1.807, 2.05) is 0 Å². The highest BCUT2D eigenvalue weighted by atomic mass is 16.4. The number of carboxylic acids is 2. The molecule has 1 aromatic carbocycles. The zero-order valence-electron chi connectivity index (χ0n) is 17.4. The largest absolute Gasteiger partial charge is 0.481 e. The van der Waals surface area contributed by atoms with Crippen LogP contribution in [-0.4, -0.2) is 54.0 Å². The molecule has 2 aromatic heterocycles. The number of nitrogens with one attached hydrogen (secondary N) is 2. The molecule has 172 valence electrons. The summed E-state index contributed by atoms with van der Waals surface area (Å²) in [5, 5.41) is 23.3. The van der Waals surface area contributed by atoms with Crippen LogP contribution >= 0.6 is 0 Å². The lowest BCUT2D eigenvalue weighted by molar-refractivity contribution is -0.143. The Bertz CT molecular complexity index is 1190. The lowest BCUT2D eigenvalue weighted by Crippen LogP contribution is -2.41. The van der Waals surface area contributed by atoms with Gasteiger partial charge in [0.2, 0.25) is 11.9 Å². The first-order chi connectivity index (χ1) is 15.7. The van der Waals surface area contributed by atoms with E-state index < -0.39 is 23.9 Å². The van der Waals surface area contributed by atoms with Crippen molar-refractivity contribution in [2.24, 2.45) is 0 Å². The third-order valence-corrected chi connectivity index (χ3v) is 4.57. The van der Waals surface area contributed by atoms with E-state index in [9.17, 15) is 14.4 Å². The molecule has 33 heavy (non-hydrogen) atoms. The molecule has 3 aromatic rings. The minimum atomic E-state index is -1.28. The van der Waals surface area contributed by atoms with Gasteiger partial charge >= 0.3 is 11.9 Å². The van der Waals surface area contributed by atoms with E-state index in [0.717, 1.165) is 5.69 Å². The summed E-state index contributed by atoms with van der Waals surface area (Å²) < 4.78 is 0. The van der Waals surface area contributed by atoms with E-state index in [4.69, 9.17) is 21.7 Å². The van der Waals surface area contributed by atoms with Crippen molar-refractivity contribution >= 4 is 46.5 Å². The molecule has 0 aliphatic heterocycles. The Morgan fingerprint density at radius 2 is 1.76 bits per heavy atom. The molecular weight excluding hydrogens is 432 g/mol. The molecule has 0 unspecified atom stereocenters. The van der Waals surface area contributed by atoms with Crippen LogP contribution in [0.2, 0.25) is 0 Å². The standard InChI is InChI=1S/C20H22N8O5/c21-17-16-18(28-20(22)27-17)24-9-12(25-16)8-23-11-3-1-10(2-4-11)7-14(29)26-13(19(32)33)5-6-15(30)31/h1-4,9,13,23H,5-8H2,(H,26,29)(H,30,31)(H,32,33)(H4,21,22,24,27,28)/t13-/m0/s1. The quantitative estimate of drug-likeness (QED) is 0.241. The van der Waals surface area contributed by atoms with Crippen LogP contribution in [0.3, 0.4) is 0 Å². The number of amides is 1. The van der Waals surface area contributed by atoms with Crippen molar-refractivity contribution in [1.29, 1.82) is 0 Å². The van der Waals surface area contributed by atoms with Crippen LogP contribution in [0.4, 0.5) is 17.5 Å². The maximum Gasteiger partial charge on any atom is 0.326 e. The summed E-state index contributed by atoms with van der Waals surface area (Å²) in [4.78, 5) is 50.4. The molecule has 8 N–H and O–H groups in total. The zero-order chi connectivity index (χ0) is 24.0. The third kappa shape index (κ3) is 6.46. The normalized spacial score (nSPS) is 11.6. The Balaban J connectivity index is 1.55. The maximum atomic E-state index is 12.1. The van der Waals surface area contributed by atoms with E-state index in [1.54, 1.807) is 30.5 Å². The van der Waals surface area contributed by atoms with Crippen LogP contribution in [0.25, 0.3) is 11.2 Å². The Morgan fingerprint density at radius 1 is 1.03 bits per heavy atom. The SMILES string of the molecule is Nc1nc(N)c2nc(CNc3ccc(CC(=O)N[C@@H](CCC(=O)O)C(=O)O)cc3)cnc2n1. The number of aliphatic carboxylic acids is 2. The number of benzene rings is 1. The molecule has 3 rings (SSSR count). The van der Waals surface area contributed by atoms with Crippen molar-refractivity contribution in [1.82, 2.24) is 25.3 Å². The van der Waals surface area contributed by atoms with Gasteiger partial charge in [-0.15, -0.1) is 0 Å². The van der Waals surface area contributed by atoms with Crippen molar-refractivity contribution in [2.75, 3.05) is 16.8 Å². The Hall–Kier alpha value is -4.55. The van der Waals surface area contributed by atoms with Gasteiger partial charge in [0.25, 0.3) is 0 Å². The van der Waals surface area contributed by atoms with Gasteiger partial charge in [-0.1, -0.05) is 12.1 Å². The first kappa shape index (κ1) is 23.1. The van der Waals surface area contributed by atoms with E-state index in [2.05, 4.69) is 30.6 Å². The molecule has 13 nitrogen and oxygen atoms in total. The van der Waals surface area contributed by atoms with E-state index in [-0.39, 0.29) is 31.0 Å². The number of hydrogen-bond acceptors (Lipinski definition) is 10. The van der Waals surface area contributed by atoms with Crippen molar-refractivity contribution < 1.29 is 24.6 Å². The van der Waals surface area contributed by atoms with Crippen LogP contribution in [0.1, 0.15) is 24.1 Å². The van der Waals surface area contributed by atoms with E-state index in [1.165, 1.54) is 0 Å². The molecule has 0 saturated heterocycles. The number of aromatic nitrogens is 4. The number of carbonyl (C=O) groups is 3. The van der Waals surface area contributed by atoms with Crippen LogP contribution in [0.5, 0.6) is 0 Å². The number of carbonyl (C=O) groups excluding carboxylic acids is 1. The fraction of sp³-hybridized carbons (Fsp3) is 0.250. The fourth-order valence-electron chi connectivity index (χ4n) is 2.96. The minimum Gasteiger partial charge on any atom is -0.481 e. The van der Waals surface area contributed by atoms with Crippen molar-refractivity contribution in [3.63, 3.8) is 0 Å². The van der Waals surface area contributed by atoms with Gasteiger partial charge in [0.1, 0.15) is 6.04 Å². The molecule has 13 heteroatoms. The molecule has 1 amide bonds. The number of anilines is 3. The van der Waals surface area contributed by atoms with Crippen molar-refractivity contribution in [2.45, 2.75) is 31.8 Å². The van der Waals surface area contributed by atoms with Gasteiger partial charge in [-0.3, -0.25) is 9.59 Å². The smallest absolute Gasteiger partial charge is 0.326 e. The number of hydrogen-bond donors (Lipinski definition) is 6. The Labute approximate surface area is 187 Å². The summed E-state index contributed by atoms with van der Waals surface area (Å²) in [6.07, 6.45) is 0.952. The minimum absolute atomic E-state index is 0.0210. The second-order valence-corrected chi connectivity index (χ2v) is 7.12. The molecular formula is C20H22N8O5. The summed E-state index contributed by atoms with van der Waals surface area (Å²) in [6, 6.07) is 5.70. The highest BCUT2D eigenvalue weighted by molar-refractivity contribution is 5.85. The molecule has 0 bridgehead atoms. The average molecular weight is 454 g/mol. The summed E-state index contributed by atoms with van der Waals surface area (Å²) in [5.74, 6) is -2.76. The zero-order valence-corrected chi connectivity index (χ0v) is 17.4. The maximum absolute atomic E-state index is 12.1. The third-order valence-electron chi connectivity index (χ3n) is 4.57. The summed E-state index contributed by atoms with van der Waals surface area (Å²) in [6.45, 7) is 0.344. The summed E-state index contributed by atoms with van der Waals surface area (Å²) in [7, 11) is 0. The second-order valence-electron chi connectivity index (χ2n) is 7.12. The lowest BCUT2D eigenvalue weighted by atomic mass is 10.1. The monoisotopic (exact) mass is 454 g/mol. The van der Waals surface area contributed by atoms with Crippen molar-refractivity contribution in [3.8, 4) is 0 Å². The molecule has 0 fully saturated rings. The van der Waals surface area contributed by atoms with Gasteiger partial charge in [0, 0.05) is 12.1 Å². The molecule has 2 heterocycles. The predicted molar refractivity (Wildman–Crippen MR) is 118 cm³/mol. The van der Waals surface area contributed by atoms with Crippen LogP contribution in [0.15, 0.2) is 30.5 Å². The molecule has 0 spiro atoms. The summed E-state index contributed by atoms with van der Waals surface area (Å²) in [5.41, 5.74) is 14.0. The van der Waals surface area contributed by atoms with Crippen LogP contribution < -0.4 is 22.1 Å². The first-order valence-corrected chi connectivity index (χ1v) is 9.82. The molecule has 0 aliphatic carbocycles. The van der Waals surface area contributed by atoms with Gasteiger partial charge in [-0.05, 0) is 24.1 Å². The first-order valence-electron chi connectivity index (χ1n) is 9.82. The molecule has 0 saturated carbocycles.